The van der Waals surface area contributed by atoms with Crippen molar-refractivity contribution in [3.05, 3.63) is 29.3 Å². The average molecular weight is 281 g/mol. The van der Waals surface area contributed by atoms with E-state index in [0.29, 0.717) is 23.4 Å². The van der Waals surface area contributed by atoms with Gasteiger partial charge in [-0.15, -0.1) is 0 Å². The van der Waals surface area contributed by atoms with Gasteiger partial charge >= 0.3 is 6.03 Å². The number of likely N-dealkylation sites (N-methyl/N-ethyl adjacent to an activating group) is 1. The maximum Gasteiger partial charge on any atom is 0.317 e. The van der Waals surface area contributed by atoms with Gasteiger partial charge in [0.1, 0.15) is 12.1 Å². The van der Waals surface area contributed by atoms with Gasteiger partial charge in [0.05, 0.1) is 28.9 Å². The Balaban J connectivity index is 1.92. The van der Waals surface area contributed by atoms with Crippen LogP contribution >= 0.6 is 0 Å². The van der Waals surface area contributed by atoms with Crippen molar-refractivity contribution in [2.45, 2.75) is 18.5 Å². The molecule has 2 amide bonds. The van der Waals surface area contributed by atoms with E-state index in [9.17, 15) is 15.3 Å². The van der Waals surface area contributed by atoms with Crippen molar-refractivity contribution in [1.29, 1.82) is 10.5 Å². The van der Waals surface area contributed by atoms with Crippen LogP contribution in [-0.4, -0.2) is 43.2 Å². The lowest BCUT2D eigenvalue weighted by molar-refractivity contribution is 0.212. The van der Waals surface area contributed by atoms with E-state index in [1.807, 2.05) is 4.90 Å². The molecule has 1 N–H and O–H groups in total. The van der Waals surface area contributed by atoms with E-state index >= 15 is 0 Å². The Labute approximate surface area is 123 Å². The summed E-state index contributed by atoms with van der Waals surface area (Å²) < 4.78 is 0. The molecule has 2 aliphatic heterocycles. The molecule has 2 heterocycles. The molecule has 2 saturated heterocycles. The second-order valence-electron chi connectivity index (χ2n) is 5.39. The highest BCUT2D eigenvalue weighted by Gasteiger charge is 2.41. The fourth-order valence-corrected chi connectivity index (χ4v) is 3.22. The van der Waals surface area contributed by atoms with Crippen molar-refractivity contribution in [2.75, 3.05) is 25.0 Å². The van der Waals surface area contributed by atoms with Gasteiger partial charge in [-0.3, -0.25) is 0 Å². The lowest BCUT2D eigenvalue weighted by Crippen LogP contribution is -2.51. The summed E-state index contributed by atoms with van der Waals surface area (Å²) in [6, 6.07) is 9.65. The third kappa shape index (κ3) is 2.05. The van der Waals surface area contributed by atoms with Crippen molar-refractivity contribution in [2.24, 2.45) is 0 Å². The van der Waals surface area contributed by atoms with Crippen LogP contribution in [0.25, 0.3) is 0 Å². The highest BCUT2D eigenvalue weighted by molar-refractivity contribution is 5.78. The molecule has 0 aromatic heterocycles. The van der Waals surface area contributed by atoms with Gasteiger partial charge in [-0.05, 0) is 18.6 Å². The number of anilines is 1. The fraction of sp³-hybridized carbons (Fsp3) is 0.400. The van der Waals surface area contributed by atoms with E-state index in [1.54, 1.807) is 30.1 Å². The molecule has 0 saturated carbocycles. The minimum Gasteiger partial charge on any atom is -0.367 e. The first kappa shape index (κ1) is 13.3. The van der Waals surface area contributed by atoms with E-state index in [2.05, 4.69) is 17.5 Å². The van der Waals surface area contributed by atoms with Gasteiger partial charge in [-0.2, -0.15) is 10.5 Å². The van der Waals surface area contributed by atoms with Gasteiger partial charge in [-0.1, -0.05) is 6.07 Å². The third-order valence-electron chi connectivity index (χ3n) is 4.30. The third-order valence-corrected chi connectivity index (χ3v) is 4.30. The number of urea groups is 1. The molecular weight excluding hydrogens is 266 g/mol. The molecule has 3 rings (SSSR count). The van der Waals surface area contributed by atoms with Gasteiger partial charge in [0.2, 0.25) is 0 Å². The lowest BCUT2D eigenvalue weighted by Gasteiger charge is -2.37. The zero-order valence-corrected chi connectivity index (χ0v) is 11.7. The summed E-state index contributed by atoms with van der Waals surface area (Å²) in [5.41, 5.74) is 1.69. The number of nitriles is 2. The van der Waals surface area contributed by atoms with Crippen molar-refractivity contribution in [3.63, 3.8) is 0 Å². The highest BCUT2D eigenvalue weighted by atomic mass is 16.2. The monoisotopic (exact) mass is 281 g/mol. The fourth-order valence-electron chi connectivity index (χ4n) is 3.22. The summed E-state index contributed by atoms with van der Waals surface area (Å²) in [6.45, 7) is 1.35. The Morgan fingerprint density at radius 1 is 1.29 bits per heavy atom. The van der Waals surface area contributed by atoms with Crippen LogP contribution in [0.1, 0.15) is 17.5 Å². The first-order valence-corrected chi connectivity index (χ1v) is 6.87. The molecule has 1 aromatic rings. The number of nitrogens with zero attached hydrogens (tertiary/aromatic N) is 4. The van der Waals surface area contributed by atoms with Gasteiger partial charge in [-0.25, -0.2) is 4.79 Å². The smallest absolute Gasteiger partial charge is 0.317 e. The average Bonchev–Trinajstić information content (AvgIpc) is 2.80. The molecule has 0 spiro atoms. The second-order valence-corrected chi connectivity index (χ2v) is 5.39. The molecule has 21 heavy (non-hydrogen) atoms. The Hall–Kier alpha value is -2.73. The van der Waals surface area contributed by atoms with Crippen LogP contribution in [0.4, 0.5) is 10.5 Å². The Morgan fingerprint density at radius 2 is 1.95 bits per heavy atom. The SMILES string of the molecule is CN1C(=O)N[C@@H]2CN(c3c(C#N)cccc3C#N)CC[C@@H]21. The molecule has 6 nitrogen and oxygen atoms in total. The number of carbonyl (C=O) groups is 1. The van der Waals surface area contributed by atoms with E-state index < -0.39 is 0 Å². The summed E-state index contributed by atoms with van der Waals surface area (Å²) in [7, 11) is 1.81. The lowest BCUT2D eigenvalue weighted by atomic mass is 9.97. The molecule has 0 unspecified atom stereocenters. The number of para-hydroxylation sites is 1. The summed E-state index contributed by atoms with van der Waals surface area (Å²) in [4.78, 5) is 15.5. The predicted molar refractivity (Wildman–Crippen MR) is 76.6 cm³/mol. The molecule has 2 atom stereocenters. The number of hydrogen-bond acceptors (Lipinski definition) is 4. The Morgan fingerprint density at radius 3 is 2.57 bits per heavy atom. The minimum atomic E-state index is -0.0547. The van der Waals surface area contributed by atoms with Crippen LogP contribution in [-0.2, 0) is 0 Å². The summed E-state index contributed by atoms with van der Waals surface area (Å²) in [5.74, 6) is 0. The molecule has 2 aliphatic rings. The van der Waals surface area contributed by atoms with Crippen molar-refractivity contribution < 1.29 is 4.79 Å². The number of benzene rings is 1. The number of hydrogen-bond donors (Lipinski definition) is 1. The molecule has 0 aliphatic carbocycles. The van der Waals surface area contributed by atoms with Crippen LogP contribution in [0.5, 0.6) is 0 Å². The zero-order chi connectivity index (χ0) is 15.0. The van der Waals surface area contributed by atoms with Gasteiger partial charge in [0.15, 0.2) is 0 Å². The minimum absolute atomic E-state index is 0.0366. The normalized spacial score (nSPS) is 24.0. The maximum atomic E-state index is 11.7. The van der Waals surface area contributed by atoms with Gasteiger partial charge in [0.25, 0.3) is 0 Å². The van der Waals surface area contributed by atoms with E-state index in [-0.39, 0.29) is 18.1 Å². The van der Waals surface area contributed by atoms with E-state index in [4.69, 9.17) is 0 Å². The summed E-state index contributed by atoms with van der Waals surface area (Å²) >= 11 is 0. The number of nitrogens with one attached hydrogen (secondary N) is 1. The number of fused-ring (bicyclic) bond motifs is 1. The van der Waals surface area contributed by atoms with E-state index in [0.717, 1.165) is 13.0 Å². The van der Waals surface area contributed by atoms with E-state index in [1.165, 1.54) is 0 Å². The quantitative estimate of drug-likeness (QED) is 0.833. The number of amides is 2. The molecule has 1 aromatic carbocycles. The van der Waals surface area contributed by atoms with Crippen LogP contribution in [0.2, 0.25) is 0 Å². The number of carbonyl (C=O) groups excluding carboxylic acids is 1. The molecule has 106 valence electrons. The first-order valence-electron chi connectivity index (χ1n) is 6.87. The topological polar surface area (TPSA) is 83.2 Å². The van der Waals surface area contributed by atoms with Gasteiger partial charge < -0.3 is 15.1 Å². The summed E-state index contributed by atoms with van der Waals surface area (Å²) in [6.07, 6.45) is 0.824. The summed E-state index contributed by atoms with van der Waals surface area (Å²) in [5, 5.41) is 21.5. The zero-order valence-electron chi connectivity index (χ0n) is 11.7. The highest BCUT2D eigenvalue weighted by Crippen LogP contribution is 2.30. The van der Waals surface area contributed by atoms with Crippen molar-refractivity contribution >= 4 is 11.7 Å². The van der Waals surface area contributed by atoms with Crippen LogP contribution in [0.3, 0.4) is 0 Å². The van der Waals surface area contributed by atoms with Crippen LogP contribution < -0.4 is 10.2 Å². The molecular formula is C15H15N5O. The maximum absolute atomic E-state index is 11.7. The van der Waals surface area contributed by atoms with Crippen molar-refractivity contribution in [1.82, 2.24) is 10.2 Å². The molecule has 2 fully saturated rings. The Kier molecular flexibility index (Phi) is 3.15. The van der Waals surface area contributed by atoms with Crippen molar-refractivity contribution in [3.8, 4) is 12.1 Å². The molecule has 0 bridgehead atoms. The first-order chi connectivity index (χ1) is 10.2. The van der Waals surface area contributed by atoms with Gasteiger partial charge in [0, 0.05) is 20.1 Å². The standard InChI is InChI=1S/C15H15N5O/c1-19-13-5-6-20(9-12(13)18-15(19)21)14-10(7-16)3-2-4-11(14)8-17/h2-4,12-13H,5-6,9H2,1H3,(H,18,21)/t12-,13+/m1/s1. The molecule has 6 heteroatoms. The van der Waals surface area contributed by atoms with Crippen LogP contribution in [0.15, 0.2) is 18.2 Å². The number of piperidine rings is 1. The van der Waals surface area contributed by atoms with Crippen LogP contribution in [0, 0.1) is 22.7 Å². The second kappa shape index (κ2) is 4.99. The Bertz CT molecular complexity index is 639. The molecule has 0 radical (unpaired) electrons. The largest absolute Gasteiger partial charge is 0.367 e. The number of rotatable bonds is 1. The predicted octanol–water partition coefficient (Wildman–Crippen LogP) is 1.03.